The molecule has 0 unspecified atom stereocenters. The fraction of sp³-hybridized carbons (Fsp3) is 0.300. The summed E-state index contributed by atoms with van der Waals surface area (Å²) in [7, 11) is -3.79. The summed E-state index contributed by atoms with van der Waals surface area (Å²) < 4.78 is 32.0. The Balaban J connectivity index is 1.58. The van der Waals surface area contributed by atoms with Crippen LogP contribution in [0.25, 0.3) is 10.3 Å². The van der Waals surface area contributed by atoms with Gasteiger partial charge in [0, 0.05) is 24.7 Å². The molecule has 3 aromatic rings. The van der Waals surface area contributed by atoms with Crippen LogP contribution < -0.4 is 10.0 Å². The van der Waals surface area contributed by atoms with Gasteiger partial charge >= 0.3 is 0 Å². The number of thiazole rings is 1. The number of amides is 1. The molecule has 174 valence electrons. The lowest BCUT2D eigenvalue weighted by atomic mass is 10.1. The number of sulfonamides is 1. The van der Waals surface area contributed by atoms with E-state index >= 15 is 0 Å². The number of aromatic nitrogens is 2. The number of carbonyl (C=O) groups excluding carboxylic acids is 1. The van der Waals surface area contributed by atoms with Gasteiger partial charge in [-0.25, -0.2) is 23.1 Å². The first-order chi connectivity index (χ1) is 16.0. The van der Waals surface area contributed by atoms with Gasteiger partial charge in [0.2, 0.25) is 10.0 Å². The topological polar surface area (TPSA) is 152 Å². The molecule has 11 nitrogen and oxygen atoms in total. The molecule has 2 aromatic heterocycles. The summed E-state index contributed by atoms with van der Waals surface area (Å²) in [4.78, 5) is 27.8. The van der Waals surface area contributed by atoms with E-state index in [0.717, 1.165) is 0 Å². The Kier molecular flexibility index (Phi) is 7.25. The van der Waals surface area contributed by atoms with Crippen molar-refractivity contribution < 1.29 is 27.9 Å². The highest BCUT2D eigenvalue weighted by atomic mass is 32.2. The van der Waals surface area contributed by atoms with Gasteiger partial charge in [-0.05, 0) is 24.3 Å². The summed E-state index contributed by atoms with van der Waals surface area (Å²) in [6, 6.07) is 9.15. The van der Waals surface area contributed by atoms with Crippen molar-refractivity contribution in [3.8, 4) is 0 Å². The van der Waals surface area contributed by atoms with Gasteiger partial charge in [0.05, 0.1) is 24.7 Å². The van der Waals surface area contributed by atoms with Crippen LogP contribution in [-0.2, 0) is 24.4 Å². The number of aliphatic hydroxyl groups excluding tert-OH is 1. The number of fused-ring (bicyclic) bond motifs is 1. The summed E-state index contributed by atoms with van der Waals surface area (Å²) in [5.74, 6) is -0.568. The van der Waals surface area contributed by atoms with Crippen LogP contribution in [0, 0.1) is 0 Å². The van der Waals surface area contributed by atoms with Crippen LogP contribution in [0.1, 0.15) is 12.0 Å². The number of rotatable bonds is 9. The number of ether oxygens (including phenoxy) is 1. The Hall–Kier alpha value is -2.97. The first-order valence-corrected chi connectivity index (χ1v) is 12.3. The number of anilines is 1. The smallest absolute Gasteiger partial charge is 0.280 e. The molecule has 1 aromatic carbocycles. The highest BCUT2D eigenvalue weighted by Crippen LogP contribution is 2.24. The fourth-order valence-electron chi connectivity index (χ4n) is 2.98. The lowest BCUT2D eigenvalue weighted by molar-refractivity contribution is -0.110. The van der Waals surface area contributed by atoms with Crippen LogP contribution in [0.15, 0.2) is 52.6 Å². The number of nitrogens with one attached hydrogen (secondary N) is 2. The second kappa shape index (κ2) is 10.3. The zero-order valence-corrected chi connectivity index (χ0v) is 18.9. The lowest BCUT2D eigenvalue weighted by Crippen LogP contribution is -2.27. The van der Waals surface area contributed by atoms with Gasteiger partial charge in [-0.2, -0.15) is 0 Å². The fourth-order valence-corrected chi connectivity index (χ4v) is 4.81. The number of aliphatic hydroxyl groups is 1. The van der Waals surface area contributed by atoms with E-state index in [1.54, 1.807) is 18.3 Å². The van der Waals surface area contributed by atoms with Crippen molar-refractivity contribution in [2.45, 2.75) is 17.4 Å². The normalized spacial score (nSPS) is 16.8. The van der Waals surface area contributed by atoms with Crippen LogP contribution in [-0.4, -0.2) is 67.6 Å². The maximum atomic E-state index is 13.1. The van der Waals surface area contributed by atoms with Crippen LogP contribution in [0.4, 0.5) is 5.13 Å². The standard InChI is InChI=1S/C20H21N5O6S2/c26-10-9-22-33(28,29)15-5-3-13(4-6-15)17(25-31-14-7-11-30-12-14)18(27)24-20-23-16-2-1-8-21-19(16)32-20/h1-6,8,14,22,26H,7,9-12H2,(H,23,24,27)/b25-17+/t14-/m1/s1. The number of carbonyl (C=O) groups is 1. The van der Waals surface area contributed by atoms with Crippen LogP contribution in [0.3, 0.4) is 0 Å². The first-order valence-electron chi connectivity index (χ1n) is 10.0. The van der Waals surface area contributed by atoms with Gasteiger partial charge in [-0.15, -0.1) is 0 Å². The molecule has 3 heterocycles. The quantitative estimate of drug-likeness (QED) is 0.297. The first kappa shape index (κ1) is 23.2. The predicted octanol–water partition coefficient (Wildman–Crippen LogP) is 1.11. The third-order valence-corrected chi connectivity index (χ3v) is 7.00. The van der Waals surface area contributed by atoms with E-state index in [9.17, 15) is 13.2 Å². The molecule has 0 spiro atoms. The molecule has 1 amide bonds. The molecule has 1 saturated heterocycles. The predicted molar refractivity (Wildman–Crippen MR) is 122 cm³/mol. The Morgan fingerprint density at radius 1 is 1.30 bits per heavy atom. The van der Waals surface area contributed by atoms with Gasteiger partial charge < -0.3 is 14.7 Å². The second-order valence-electron chi connectivity index (χ2n) is 6.98. The molecule has 13 heteroatoms. The van der Waals surface area contributed by atoms with Crippen molar-refractivity contribution in [2.75, 3.05) is 31.7 Å². The molecule has 1 aliphatic rings. The molecule has 0 bridgehead atoms. The maximum Gasteiger partial charge on any atom is 0.280 e. The largest absolute Gasteiger partial charge is 0.395 e. The third-order valence-electron chi connectivity index (χ3n) is 4.62. The number of benzene rings is 1. The summed E-state index contributed by atoms with van der Waals surface area (Å²) in [5.41, 5.74) is 0.966. The summed E-state index contributed by atoms with van der Waals surface area (Å²) in [6.45, 7) is 0.495. The Morgan fingerprint density at radius 3 is 2.82 bits per heavy atom. The van der Waals surface area contributed by atoms with Crippen LogP contribution in [0.2, 0.25) is 0 Å². The zero-order chi connectivity index (χ0) is 23.3. The minimum atomic E-state index is -3.79. The number of oxime groups is 1. The van der Waals surface area contributed by atoms with Crippen molar-refractivity contribution in [1.29, 1.82) is 0 Å². The number of nitrogens with zero attached hydrogens (tertiary/aromatic N) is 3. The molecule has 1 aliphatic heterocycles. The average Bonchev–Trinajstić information content (AvgIpc) is 3.47. The van der Waals surface area contributed by atoms with Crippen LogP contribution >= 0.6 is 11.3 Å². The van der Waals surface area contributed by atoms with Gasteiger partial charge in [0.15, 0.2) is 16.9 Å². The molecule has 33 heavy (non-hydrogen) atoms. The van der Waals surface area contributed by atoms with E-state index in [1.807, 2.05) is 0 Å². The van der Waals surface area contributed by atoms with Crippen molar-refractivity contribution in [2.24, 2.45) is 5.16 Å². The zero-order valence-electron chi connectivity index (χ0n) is 17.3. The summed E-state index contributed by atoms with van der Waals surface area (Å²) in [6.07, 6.45) is 2.01. The van der Waals surface area contributed by atoms with Crippen molar-refractivity contribution in [1.82, 2.24) is 14.7 Å². The molecular formula is C20H21N5O6S2. The molecule has 4 rings (SSSR count). The average molecular weight is 492 g/mol. The molecule has 1 fully saturated rings. The molecule has 0 aliphatic carbocycles. The number of pyridine rings is 1. The Morgan fingerprint density at radius 2 is 2.12 bits per heavy atom. The highest BCUT2D eigenvalue weighted by Gasteiger charge is 2.22. The molecule has 1 atom stereocenters. The molecular weight excluding hydrogens is 470 g/mol. The highest BCUT2D eigenvalue weighted by molar-refractivity contribution is 7.89. The van der Waals surface area contributed by atoms with E-state index in [4.69, 9.17) is 14.7 Å². The number of hydrogen-bond donors (Lipinski definition) is 3. The summed E-state index contributed by atoms with van der Waals surface area (Å²) >= 11 is 1.22. The van der Waals surface area contributed by atoms with Gasteiger partial charge in [-0.1, -0.05) is 28.6 Å². The van der Waals surface area contributed by atoms with Crippen molar-refractivity contribution >= 4 is 48.5 Å². The van der Waals surface area contributed by atoms with Gasteiger partial charge in [0.1, 0.15) is 10.3 Å². The minimum Gasteiger partial charge on any atom is -0.395 e. The van der Waals surface area contributed by atoms with Crippen molar-refractivity contribution in [3.05, 3.63) is 48.2 Å². The third kappa shape index (κ3) is 5.69. The van der Waals surface area contributed by atoms with E-state index in [-0.39, 0.29) is 29.9 Å². The van der Waals surface area contributed by atoms with Gasteiger partial charge in [-0.3, -0.25) is 10.1 Å². The van der Waals surface area contributed by atoms with Crippen molar-refractivity contribution in [3.63, 3.8) is 0 Å². The Labute approximate surface area is 193 Å². The van der Waals surface area contributed by atoms with Gasteiger partial charge in [0.25, 0.3) is 5.91 Å². The molecule has 0 saturated carbocycles. The van der Waals surface area contributed by atoms with E-state index < -0.39 is 15.9 Å². The lowest BCUT2D eigenvalue weighted by Gasteiger charge is -2.10. The molecule has 3 N–H and O–H groups in total. The second-order valence-corrected chi connectivity index (χ2v) is 9.72. The van der Waals surface area contributed by atoms with E-state index in [0.29, 0.717) is 40.7 Å². The van der Waals surface area contributed by atoms with Crippen LogP contribution in [0.5, 0.6) is 0 Å². The number of hydrogen-bond acceptors (Lipinski definition) is 10. The van der Waals surface area contributed by atoms with E-state index in [2.05, 4.69) is 25.2 Å². The maximum absolute atomic E-state index is 13.1. The minimum absolute atomic E-state index is 0.0122. The monoisotopic (exact) mass is 491 g/mol. The summed E-state index contributed by atoms with van der Waals surface area (Å²) in [5, 5.41) is 16.0. The Bertz CT molecular complexity index is 1220. The van der Waals surface area contributed by atoms with E-state index in [1.165, 1.54) is 35.6 Å². The SMILES string of the molecule is O=C(Nc1nc2cccnc2s1)/C(=N/O[C@@H]1CCOC1)c1ccc(S(=O)(=O)NCCO)cc1. The molecule has 0 radical (unpaired) electrons.